The van der Waals surface area contributed by atoms with Crippen LogP contribution in [0.1, 0.15) is 72.6 Å². The second-order valence-electron chi connectivity index (χ2n) is 13.0. The molecule has 0 saturated heterocycles. The van der Waals surface area contributed by atoms with E-state index in [4.69, 9.17) is 19.3 Å². The Morgan fingerprint density at radius 3 is 2.49 bits per heavy atom. The minimum absolute atomic E-state index is 0.000411. The fourth-order valence-corrected chi connectivity index (χ4v) is 8.42. The van der Waals surface area contributed by atoms with E-state index in [1.807, 2.05) is 13.0 Å². The van der Waals surface area contributed by atoms with Crippen LogP contribution in [0.4, 0.5) is 4.79 Å². The summed E-state index contributed by atoms with van der Waals surface area (Å²) < 4.78 is 15.0. The van der Waals surface area contributed by atoms with Gasteiger partial charge in [-0.3, -0.25) is 14.4 Å². The van der Waals surface area contributed by atoms with Gasteiger partial charge in [-0.2, -0.15) is 0 Å². The van der Waals surface area contributed by atoms with E-state index < -0.39 is 35.3 Å². The van der Waals surface area contributed by atoms with Crippen LogP contribution in [0.2, 0.25) is 0 Å². The molecule has 0 bridgehead atoms. The van der Waals surface area contributed by atoms with Gasteiger partial charge in [0.05, 0.1) is 19.3 Å². The molecule has 0 heterocycles. The molecule has 8 atom stereocenters. The van der Waals surface area contributed by atoms with E-state index in [2.05, 4.69) is 25.6 Å². The lowest BCUT2D eigenvalue weighted by Crippen LogP contribution is -2.56. The fraction of sp³-hybridized carbons (Fsp3) is 0.750. The number of carboxylic acids is 1. The Balaban J connectivity index is 0.000000707. The Bertz CT molecular complexity index is 1170. The molecule has 0 aromatic carbocycles. The van der Waals surface area contributed by atoms with E-state index >= 15 is 0 Å². The first-order chi connectivity index (χ1) is 21.2. The van der Waals surface area contributed by atoms with Crippen LogP contribution in [0, 0.1) is 50.5 Å². The monoisotopic (exact) mass is 637 g/mol. The lowest BCUT2D eigenvalue weighted by atomic mass is 9.46. The highest BCUT2D eigenvalue weighted by Gasteiger charge is 2.64. The zero-order valence-electron chi connectivity index (χ0n) is 26.6. The van der Waals surface area contributed by atoms with E-state index in [1.165, 1.54) is 0 Å². The van der Waals surface area contributed by atoms with Gasteiger partial charge in [-0.15, -0.1) is 10.1 Å². The average molecular weight is 638 g/mol. The van der Waals surface area contributed by atoms with Crippen molar-refractivity contribution in [2.75, 3.05) is 33.0 Å². The molecule has 3 fully saturated rings. The maximum Gasteiger partial charge on any atom is 0.508 e. The van der Waals surface area contributed by atoms with E-state index in [-0.39, 0.29) is 73.0 Å². The lowest BCUT2D eigenvalue weighted by molar-refractivity contribution is -0.758. The quantitative estimate of drug-likeness (QED) is 0.126. The minimum Gasteiger partial charge on any atom is -0.481 e. The third-order valence-electron chi connectivity index (χ3n) is 10.1. The molecule has 2 N–H and O–H groups in total. The maximum atomic E-state index is 13.4. The van der Waals surface area contributed by atoms with Gasteiger partial charge in [-0.25, -0.2) is 4.79 Å². The van der Waals surface area contributed by atoms with Crippen molar-refractivity contribution in [2.45, 2.75) is 78.7 Å². The number of hydrogen-bond acceptors (Lipinski definition) is 11. The number of nitrogens with zero attached hydrogens (tertiary/aromatic N) is 1. The SMILES string of the molecule is CC1CC2C3CCC4=CC(=O)C=CC4(C)C3C(O)CC2(C)C1C(=O)COC(=O)OCCOCCO[N+](=O)[O-].CCCCC(=O)O. The summed E-state index contributed by atoms with van der Waals surface area (Å²) in [6, 6.07) is 0. The maximum absolute atomic E-state index is 13.4. The number of carbonyl (C=O) groups excluding carboxylic acids is 3. The van der Waals surface area contributed by atoms with Gasteiger partial charge < -0.3 is 29.3 Å². The summed E-state index contributed by atoms with van der Waals surface area (Å²) in [7, 11) is 0. The van der Waals surface area contributed by atoms with Gasteiger partial charge in [0.2, 0.25) is 0 Å². The van der Waals surface area contributed by atoms with Crippen LogP contribution in [-0.4, -0.2) is 78.1 Å². The number of rotatable bonds is 13. The van der Waals surface area contributed by atoms with E-state index in [1.54, 1.807) is 12.2 Å². The Morgan fingerprint density at radius 2 is 1.84 bits per heavy atom. The predicted octanol–water partition coefficient (Wildman–Crippen LogP) is 4.34. The number of aliphatic hydroxyl groups excluding tert-OH is 1. The summed E-state index contributed by atoms with van der Waals surface area (Å²) >= 11 is 0. The normalized spacial score (nSPS) is 32.9. The van der Waals surface area contributed by atoms with Crippen molar-refractivity contribution >= 4 is 23.7 Å². The minimum atomic E-state index is -0.988. The van der Waals surface area contributed by atoms with E-state index in [9.17, 15) is 34.4 Å². The molecule has 4 aliphatic carbocycles. The highest BCUT2D eigenvalue weighted by Crippen LogP contribution is 2.67. The molecule has 0 spiro atoms. The topological polar surface area (TPSA) is 189 Å². The Morgan fingerprint density at radius 1 is 1.13 bits per heavy atom. The van der Waals surface area contributed by atoms with Crippen LogP contribution in [-0.2, 0) is 33.4 Å². The summed E-state index contributed by atoms with van der Waals surface area (Å²) in [5.41, 5.74) is 0.309. The van der Waals surface area contributed by atoms with Crippen molar-refractivity contribution in [3.8, 4) is 0 Å². The molecule has 0 aromatic heterocycles. The van der Waals surface area contributed by atoms with Gasteiger partial charge in [0, 0.05) is 23.7 Å². The highest BCUT2D eigenvalue weighted by molar-refractivity contribution is 6.01. The first-order valence-corrected chi connectivity index (χ1v) is 15.8. The number of hydrogen-bond donors (Lipinski definition) is 2. The van der Waals surface area contributed by atoms with Crippen LogP contribution < -0.4 is 0 Å². The molecule has 0 aliphatic heterocycles. The molecule has 4 rings (SSSR count). The lowest BCUT2D eigenvalue weighted by Gasteiger charge is -2.58. The zero-order chi connectivity index (χ0) is 33.4. The van der Waals surface area contributed by atoms with Crippen LogP contribution in [0.15, 0.2) is 23.8 Å². The number of allylic oxidation sites excluding steroid dienone is 4. The van der Waals surface area contributed by atoms with Gasteiger partial charge >= 0.3 is 12.1 Å². The molecule has 0 aromatic rings. The average Bonchev–Trinajstić information content (AvgIpc) is 3.23. The summed E-state index contributed by atoms with van der Waals surface area (Å²) in [5.74, 6) is -0.686. The Labute approximate surface area is 263 Å². The van der Waals surface area contributed by atoms with Crippen molar-refractivity contribution < 1.29 is 53.5 Å². The number of carbonyl (C=O) groups is 4. The molecule has 13 heteroatoms. The molecule has 4 aliphatic rings. The van der Waals surface area contributed by atoms with E-state index in [0.717, 1.165) is 37.7 Å². The molecule has 13 nitrogen and oxygen atoms in total. The number of carboxylic acid groups (broad SMARTS) is 1. The number of Topliss-reactive ketones (excluding diaryl/α,β-unsaturated/α-hetero) is 1. The Kier molecular flexibility index (Phi) is 12.7. The van der Waals surface area contributed by atoms with Crippen molar-refractivity contribution in [3.63, 3.8) is 0 Å². The number of fused-ring (bicyclic) bond motifs is 5. The summed E-state index contributed by atoms with van der Waals surface area (Å²) in [6.07, 6.45) is 8.82. The van der Waals surface area contributed by atoms with Gasteiger partial charge in [-0.1, -0.05) is 45.8 Å². The number of ketones is 2. The molecular formula is C32H47NO12. The number of aliphatic carboxylic acids is 1. The molecule has 252 valence electrons. The zero-order valence-corrected chi connectivity index (χ0v) is 26.6. The highest BCUT2D eigenvalue weighted by atomic mass is 17.0. The molecule has 0 radical (unpaired) electrons. The molecule has 0 amide bonds. The van der Waals surface area contributed by atoms with E-state index in [0.29, 0.717) is 12.8 Å². The second kappa shape index (κ2) is 15.8. The largest absolute Gasteiger partial charge is 0.508 e. The van der Waals surface area contributed by atoms with Gasteiger partial charge in [0.15, 0.2) is 18.2 Å². The second-order valence-corrected chi connectivity index (χ2v) is 13.0. The first-order valence-electron chi connectivity index (χ1n) is 15.8. The van der Waals surface area contributed by atoms with Crippen molar-refractivity contribution in [1.82, 2.24) is 0 Å². The Hall–Kier alpha value is -3.32. The summed E-state index contributed by atoms with van der Waals surface area (Å²) in [4.78, 5) is 61.2. The number of unbranched alkanes of at least 4 members (excludes halogenated alkanes) is 1. The van der Waals surface area contributed by atoms with Gasteiger partial charge in [0.25, 0.3) is 5.09 Å². The van der Waals surface area contributed by atoms with Crippen molar-refractivity contribution in [3.05, 3.63) is 33.9 Å². The van der Waals surface area contributed by atoms with Crippen molar-refractivity contribution in [1.29, 1.82) is 0 Å². The summed E-state index contributed by atoms with van der Waals surface area (Å²) in [5, 5.41) is 28.7. The van der Waals surface area contributed by atoms with Gasteiger partial charge in [0.1, 0.15) is 13.2 Å². The van der Waals surface area contributed by atoms with Crippen LogP contribution in [0.3, 0.4) is 0 Å². The van der Waals surface area contributed by atoms with Crippen LogP contribution >= 0.6 is 0 Å². The molecule has 45 heavy (non-hydrogen) atoms. The van der Waals surface area contributed by atoms with Crippen LogP contribution in [0.25, 0.3) is 0 Å². The third-order valence-corrected chi connectivity index (χ3v) is 10.1. The number of ether oxygens (including phenoxy) is 3. The molecular weight excluding hydrogens is 590 g/mol. The molecule has 3 saturated carbocycles. The smallest absolute Gasteiger partial charge is 0.481 e. The first kappa shape index (κ1) is 36.2. The number of aliphatic hydroxyl groups is 1. The van der Waals surface area contributed by atoms with Crippen LogP contribution in [0.5, 0.6) is 0 Å². The molecule has 8 unspecified atom stereocenters. The fourth-order valence-electron chi connectivity index (χ4n) is 8.42. The van der Waals surface area contributed by atoms with Gasteiger partial charge in [-0.05, 0) is 67.4 Å². The summed E-state index contributed by atoms with van der Waals surface area (Å²) in [6.45, 7) is 7.45. The predicted molar refractivity (Wildman–Crippen MR) is 159 cm³/mol. The standard InChI is InChI=1S/C27H37NO10.C5H10O2/c1-16-12-20-19-5-4-17-13-18(29)6-7-26(17,2)24(19)21(30)14-27(20,3)23(16)22(31)15-37-25(32)36-10-8-35-9-11-38-28(33)34;1-2-3-4-5(6)7/h6-7,13,16,19-21,23-24,30H,4-5,8-12,14-15H2,1-3H3;2-4H2,1H3,(H,6,7). The third kappa shape index (κ3) is 8.69. The van der Waals surface area contributed by atoms with Crippen molar-refractivity contribution in [2.24, 2.45) is 40.4 Å².